The Labute approximate surface area is 114 Å². The summed E-state index contributed by atoms with van der Waals surface area (Å²) in [5.74, 6) is 1.13. The Morgan fingerprint density at radius 3 is 2.39 bits per heavy atom. The van der Waals surface area contributed by atoms with Gasteiger partial charge < -0.3 is 5.32 Å². The molecule has 0 aliphatic heterocycles. The van der Waals surface area contributed by atoms with Crippen LogP contribution in [-0.2, 0) is 0 Å². The monoisotopic (exact) mass is 265 g/mol. The average Bonchev–Trinajstić information content (AvgIpc) is 3.17. The predicted molar refractivity (Wildman–Crippen MR) is 75.3 cm³/mol. The van der Waals surface area contributed by atoms with Crippen LogP contribution < -0.4 is 5.32 Å². The summed E-state index contributed by atoms with van der Waals surface area (Å²) in [5.41, 5.74) is 2.16. The summed E-state index contributed by atoms with van der Waals surface area (Å²) >= 11 is 5.89. The number of carbonyl (C=O) groups is 1. The number of benzene rings is 1. The second-order valence-corrected chi connectivity index (χ2v) is 5.86. The van der Waals surface area contributed by atoms with E-state index >= 15 is 0 Å². The van der Waals surface area contributed by atoms with Crippen LogP contribution in [0, 0.1) is 5.41 Å². The maximum Gasteiger partial charge on any atom is 0.251 e. The highest BCUT2D eigenvalue weighted by Crippen LogP contribution is 2.45. The lowest BCUT2D eigenvalue weighted by Gasteiger charge is -2.13. The van der Waals surface area contributed by atoms with Gasteiger partial charge in [0.25, 0.3) is 5.91 Å². The predicted octanol–water partition coefficient (Wildman–Crippen LogP) is 3.56. The summed E-state index contributed by atoms with van der Waals surface area (Å²) in [6.07, 6.45) is 2.26. The summed E-state index contributed by atoms with van der Waals surface area (Å²) in [6, 6.07) is 7.83. The zero-order valence-electron chi connectivity index (χ0n) is 11.0. The van der Waals surface area contributed by atoms with Gasteiger partial charge in [-0.05, 0) is 36.5 Å². The molecule has 1 aromatic rings. The molecule has 1 N–H and O–H groups in total. The third-order valence-corrected chi connectivity index (χ3v) is 4.27. The van der Waals surface area contributed by atoms with E-state index in [1.807, 2.05) is 24.3 Å². The lowest BCUT2D eigenvalue weighted by molar-refractivity contribution is 0.0946. The molecule has 0 heterocycles. The van der Waals surface area contributed by atoms with Gasteiger partial charge in [0.2, 0.25) is 0 Å². The van der Waals surface area contributed by atoms with Crippen molar-refractivity contribution in [1.29, 1.82) is 0 Å². The fourth-order valence-corrected chi connectivity index (χ4v) is 2.29. The third kappa shape index (κ3) is 3.05. The second-order valence-electron chi connectivity index (χ2n) is 5.59. The largest absolute Gasteiger partial charge is 0.351 e. The van der Waals surface area contributed by atoms with E-state index in [2.05, 4.69) is 19.2 Å². The summed E-state index contributed by atoms with van der Waals surface area (Å²) in [7, 11) is 0. The van der Waals surface area contributed by atoms with Crippen LogP contribution in [0.4, 0.5) is 0 Å². The van der Waals surface area contributed by atoms with Crippen molar-refractivity contribution in [2.24, 2.45) is 5.41 Å². The van der Waals surface area contributed by atoms with Gasteiger partial charge in [0, 0.05) is 23.4 Å². The average molecular weight is 266 g/mol. The van der Waals surface area contributed by atoms with Gasteiger partial charge in [-0.3, -0.25) is 4.79 Å². The zero-order valence-corrected chi connectivity index (χ0v) is 11.8. The molecule has 1 amide bonds. The van der Waals surface area contributed by atoms with Crippen molar-refractivity contribution >= 4 is 17.5 Å². The van der Waals surface area contributed by atoms with Crippen molar-refractivity contribution in [2.45, 2.75) is 32.6 Å². The molecule has 0 spiro atoms. The van der Waals surface area contributed by atoms with Crippen LogP contribution in [0.15, 0.2) is 24.3 Å². The Balaban J connectivity index is 1.92. The Morgan fingerprint density at radius 1 is 1.33 bits per heavy atom. The summed E-state index contributed by atoms with van der Waals surface area (Å²) in [6.45, 7) is 4.99. The first-order valence-electron chi connectivity index (χ1n) is 6.50. The van der Waals surface area contributed by atoms with E-state index in [0.717, 1.165) is 18.4 Å². The molecule has 0 atom stereocenters. The van der Waals surface area contributed by atoms with Crippen LogP contribution in [0.25, 0.3) is 0 Å². The molecule has 1 saturated carbocycles. The number of rotatable bonds is 5. The molecule has 1 aromatic carbocycles. The minimum atomic E-state index is 0.00157. The molecular weight excluding hydrogens is 246 g/mol. The molecule has 1 aliphatic carbocycles. The van der Waals surface area contributed by atoms with E-state index in [1.165, 1.54) is 5.56 Å². The molecule has 98 valence electrons. The maximum absolute atomic E-state index is 12.0. The van der Waals surface area contributed by atoms with Crippen molar-refractivity contribution in [1.82, 2.24) is 5.32 Å². The number of halogens is 1. The number of carbonyl (C=O) groups excluding carboxylic acids is 1. The number of amides is 1. The quantitative estimate of drug-likeness (QED) is 0.811. The summed E-state index contributed by atoms with van der Waals surface area (Å²) in [4.78, 5) is 12.0. The van der Waals surface area contributed by atoms with E-state index < -0.39 is 0 Å². The maximum atomic E-state index is 12.0. The molecule has 18 heavy (non-hydrogen) atoms. The highest BCUT2D eigenvalue weighted by Gasteiger charge is 2.41. The van der Waals surface area contributed by atoms with Crippen molar-refractivity contribution in [3.05, 3.63) is 35.4 Å². The SMILES string of the molecule is CC(C)c1ccc(C(=O)NCC2(CCl)CC2)cc1. The molecule has 0 saturated heterocycles. The molecule has 1 aliphatic rings. The van der Waals surface area contributed by atoms with Crippen LogP contribution in [-0.4, -0.2) is 18.3 Å². The van der Waals surface area contributed by atoms with E-state index in [0.29, 0.717) is 18.3 Å². The van der Waals surface area contributed by atoms with Gasteiger partial charge in [0.1, 0.15) is 0 Å². The lowest BCUT2D eigenvalue weighted by Crippen LogP contribution is -2.30. The highest BCUT2D eigenvalue weighted by molar-refractivity contribution is 6.18. The first kappa shape index (κ1) is 13.4. The minimum Gasteiger partial charge on any atom is -0.351 e. The molecule has 0 bridgehead atoms. The number of hydrogen-bond acceptors (Lipinski definition) is 1. The number of nitrogens with one attached hydrogen (secondary N) is 1. The van der Waals surface area contributed by atoms with Crippen LogP contribution in [0.3, 0.4) is 0 Å². The Bertz CT molecular complexity index is 421. The highest BCUT2D eigenvalue weighted by atomic mass is 35.5. The van der Waals surface area contributed by atoms with Gasteiger partial charge in [0.05, 0.1) is 0 Å². The fraction of sp³-hybridized carbons (Fsp3) is 0.533. The van der Waals surface area contributed by atoms with Gasteiger partial charge in [-0.25, -0.2) is 0 Å². The minimum absolute atomic E-state index is 0.00157. The molecule has 2 rings (SSSR count). The first-order chi connectivity index (χ1) is 8.56. The van der Waals surface area contributed by atoms with E-state index in [9.17, 15) is 4.79 Å². The first-order valence-corrected chi connectivity index (χ1v) is 7.04. The van der Waals surface area contributed by atoms with Crippen molar-refractivity contribution < 1.29 is 4.79 Å². The second kappa shape index (κ2) is 5.31. The van der Waals surface area contributed by atoms with Gasteiger partial charge >= 0.3 is 0 Å². The van der Waals surface area contributed by atoms with Crippen LogP contribution in [0.5, 0.6) is 0 Å². The number of hydrogen-bond donors (Lipinski definition) is 1. The number of alkyl halides is 1. The molecule has 2 nitrogen and oxygen atoms in total. The van der Waals surface area contributed by atoms with E-state index in [-0.39, 0.29) is 11.3 Å². The van der Waals surface area contributed by atoms with Crippen molar-refractivity contribution in [3.8, 4) is 0 Å². The molecule has 3 heteroatoms. The normalized spacial score (nSPS) is 16.7. The van der Waals surface area contributed by atoms with E-state index in [4.69, 9.17) is 11.6 Å². The summed E-state index contributed by atoms with van der Waals surface area (Å²) in [5, 5.41) is 2.98. The van der Waals surface area contributed by atoms with Crippen LogP contribution in [0.1, 0.15) is 48.5 Å². The Hall–Kier alpha value is -1.02. The van der Waals surface area contributed by atoms with Crippen LogP contribution in [0.2, 0.25) is 0 Å². The molecule has 1 fully saturated rings. The fourth-order valence-electron chi connectivity index (χ4n) is 1.92. The Kier molecular flexibility index (Phi) is 3.96. The molecule has 0 unspecified atom stereocenters. The Morgan fingerprint density at radius 2 is 1.94 bits per heavy atom. The smallest absolute Gasteiger partial charge is 0.251 e. The van der Waals surface area contributed by atoms with Gasteiger partial charge in [-0.1, -0.05) is 26.0 Å². The van der Waals surface area contributed by atoms with Crippen molar-refractivity contribution in [2.75, 3.05) is 12.4 Å². The standard InChI is InChI=1S/C15H20ClNO/c1-11(2)12-3-5-13(6-4-12)14(18)17-10-15(9-16)7-8-15/h3-6,11H,7-10H2,1-2H3,(H,17,18). The van der Waals surface area contributed by atoms with Gasteiger partial charge in [0.15, 0.2) is 0 Å². The van der Waals surface area contributed by atoms with Crippen molar-refractivity contribution in [3.63, 3.8) is 0 Å². The van der Waals surface area contributed by atoms with E-state index in [1.54, 1.807) is 0 Å². The van der Waals surface area contributed by atoms with Gasteiger partial charge in [-0.2, -0.15) is 0 Å². The lowest BCUT2D eigenvalue weighted by atomic mass is 10.0. The van der Waals surface area contributed by atoms with Crippen LogP contribution >= 0.6 is 11.6 Å². The topological polar surface area (TPSA) is 29.1 Å². The molecule has 0 aromatic heterocycles. The van der Waals surface area contributed by atoms with Gasteiger partial charge in [-0.15, -0.1) is 11.6 Å². The molecule has 0 radical (unpaired) electrons. The zero-order chi connectivity index (χ0) is 13.2. The molecular formula is C15H20ClNO. The third-order valence-electron chi connectivity index (χ3n) is 3.70. The summed E-state index contributed by atoms with van der Waals surface area (Å²) < 4.78 is 0.